The van der Waals surface area contributed by atoms with E-state index in [0.29, 0.717) is 5.92 Å². The molecule has 5 heteroatoms. The minimum atomic E-state index is -0.150. The smallest absolute Gasteiger partial charge is 0.241 e. The Morgan fingerprint density at radius 1 is 1.07 bits per heavy atom. The minimum Gasteiger partial charge on any atom is -0.324 e. The Balaban J connectivity index is 1.57. The fourth-order valence-electron chi connectivity index (χ4n) is 3.94. The van der Waals surface area contributed by atoms with E-state index in [4.69, 9.17) is 11.6 Å². The highest BCUT2D eigenvalue weighted by atomic mass is 35.5. The predicted molar refractivity (Wildman–Crippen MR) is 122 cm³/mol. The lowest BCUT2D eigenvalue weighted by molar-refractivity contribution is -0.121. The molecule has 2 aromatic carbocycles. The largest absolute Gasteiger partial charge is 0.324 e. The quantitative estimate of drug-likeness (QED) is 0.730. The van der Waals surface area contributed by atoms with Crippen LogP contribution in [0.3, 0.4) is 0 Å². The maximum atomic E-state index is 13.0. The lowest BCUT2D eigenvalue weighted by atomic mass is 9.98. The molecule has 4 nitrogen and oxygen atoms in total. The summed E-state index contributed by atoms with van der Waals surface area (Å²) < 4.78 is 0. The van der Waals surface area contributed by atoms with E-state index in [1.54, 1.807) is 0 Å². The van der Waals surface area contributed by atoms with Crippen molar-refractivity contribution in [3.63, 3.8) is 0 Å². The lowest BCUT2D eigenvalue weighted by Gasteiger charge is -2.37. The fraction of sp³-hybridized carbons (Fsp3) is 0.458. The minimum absolute atomic E-state index is 0.0736. The molecule has 29 heavy (non-hydrogen) atoms. The third kappa shape index (κ3) is 5.59. The van der Waals surface area contributed by atoms with Gasteiger partial charge in [0.25, 0.3) is 0 Å². The van der Waals surface area contributed by atoms with E-state index in [2.05, 4.69) is 60.2 Å². The number of amides is 1. The molecular weight excluding hydrogens is 382 g/mol. The van der Waals surface area contributed by atoms with Gasteiger partial charge in [-0.1, -0.05) is 55.8 Å². The highest BCUT2D eigenvalue weighted by Crippen LogP contribution is 2.27. The van der Waals surface area contributed by atoms with Gasteiger partial charge in [0.2, 0.25) is 5.91 Å². The molecule has 0 aromatic heterocycles. The van der Waals surface area contributed by atoms with Crippen LogP contribution in [0.15, 0.2) is 42.5 Å². The Labute approximate surface area is 179 Å². The van der Waals surface area contributed by atoms with Crippen molar-refractivity contribution in [1.29, 1.82) is 0 Å². The summed E-state index contributed by atoms with van der Waals surface area (Å²) in [5.74, 6) is 0.444. The molecule has 0 bridgehead atoms. The number of rotatable bonds is 6. The maximum absolute atomic E-state index is 13.0. The third-order valence-corrected chi connectivity index (χ3v) is 6.04. The summed E-state index contributed by atoms with van der Waals surface area (Å²) in [6.45, 7) is 13.0. The van der Waals surface area contributed by atoms with Crippen molar-refractivity contribution in [3.05, 3.63) is 64.2 Å². The van der Waals surface area contributed by atoms with Gasteiger partial charge in [-0.2, -0.15) is 0 Å². The Morgan fingerprint density at radius 3 is 2.41 bits per heavy atom. The number of nitrogens with one attached hydrogen (secondary N) is 1. The number of carbonyl (C=O) groups excluding carboxylic acids is 1. The molecule has 0 spiro atoms. The van der Waals surface area contributed by atoms with Crippen molar-refractivity contribution in [2.24, 2.45) is 0 Å². The summed E-state index contributed by atoms with van der Waals surface area (Å²) in [4.78, 5) is 17.7. The molecule has 0 unspecified atom stereocenters. The van der Waals surface area contributed by atoms with Crippen molar-refractivity contribution < 1.29 is 4.79 Å². The van der Waals surface area contributed by atoms with Gasteiger partial charge in [-0.25, -0.2) is 0 Å². The monoisotopic (exact) mass is 413 g/mol. The highest BCUT2D eigenvalue weighted by molar-refractivity contribution is 6.30. The van der Waals surface area contributed by atoms with Crippen LogP contribution in [-0.4, -0.2) is 47.9 Å². The van der Waals surface area contributed by atoms with Gasteiger partial charge in [-0.05, 0) is 48.6 Å². The van der Waals surface area contributed by atoms with Gasteiger partial charge in [0.05, 0.1) is 6.04 Å². The normalized spacial score (nSPS) is 16.8. The molecule has 1 aliphatic heterocycles. The van der Waals surface area contributed by atoms with E-state index in [0.717, 1.165) is 49.0 Å². The first-order valence-electron chi connectivity index (χ1n) is 10.5. The number of hydrogen-bond donors (Lipinski definition) is 1. The van der Waals surface area contributed by atoms with E-state index in [1.165, 1.54) is 11.1 Å². The van der Waals surface area contributed by atoms with E-state index < -0.39 is 0 Å². The summed E-state index contributed by atoms with van der Waals surface area (Å²) in [6.07, 6.45) is 0. The van der Waals surface area contributed by atoms with E-state index in [-0.39, 0.29) is 11.9 Å². The number of aryl methyl sites for hydroxylation is 1. The third-order valence-electron chi connectivity index (χ3n) is 5.80. The van der Waals surface area contributed by atoms with Crippen molar-refractivity contribution in [1.82, 2.24) is 9.80 Å². The number of piperazine rings is 1. The van der Waals surface area contributed by atoms with E-state index in [9.17, 15) is 4.79 Å². The van der Waals surface area contributed by atoms with Crippen LogP contribution in [0.5, 0.6) is 0 Å². The van der Waals surface area contributed by atoms with Gasteiger partial charge in [-0.15, -0.1) is 0 Å². The van der Waals surface area contributed by atoms with Crippen molar-refractivity contribution in [3.8, 4) is 0 Å². The molecule has 2 aromatic rings. The molecule has 156 valence electrons. The molecule has 1 amide bonds. The standard InChI is InChI=1S/C24H32ClN3O/c1-17(2)22-10-5-7-18(3)23(22)26-24(29)19(4)28-13-11-27(12-14-28)16-20-8-6-9-21(25)15-20/h5-10,15,17,19H,11-14,16H2,1-4H3,(H,26,29)/t19-/m0/s1. The summed E-state index contributed by atoms with van der Waals surface area (Å²) in [7, 11) is 0. The van der Waals surface area contributed by atoms with Crippen molar-refractivity contribution >= 4 is 23.2 Å². The molecule has 1 fully saturated rings. The molecule has 0 aliphatic carbocycles. The second kappa shape index (κ2) is 9.75. The topological polar surface area (TPSA) is 35.6 Å². The first-order valence-corrected chi connectivity index (χ1v) is 10.8. The second-order valence-electron chi connectivity index (χ2n) is 8.30. The first kappa shape index (κ1) is 21.8. The number of carbonyl (C=O) groups is 1. The summed E-state index contributed by atoms with van der Waals surface area (Å²) in [6, 6.07) is 14.1. The lowest BCUT2D eigenvalue weighted by Crippen LogP contribution is -2.52. The average Bonchev–Trinajstić information content (AvgIpc) is 2.69. The van der Waals surface area contributed by atoms with Gasteiger partial charge in [0.15, 0.2) is 0 Å². The molecular formula is C24H32ClN3O. The zero-order chi connectivity index (χ0) is 21.0. The summed E-state index contributed by atoms with van der Waals surface area (Å²) in [5, 5.41) is 3.99. The van der Waals surface area contributed by atoms with Crippen LogP contribution in [0.2, 0.25) is 5.02 Å². The first-order chi connectivity index (χ1) is 13.8. The molecule has 1 heterocycles. The van der Waals surface area contributed by atoms with E-state index in [1.807, 2.05) is 25.1 Å². The number of anilines is 1. The van der Waals surface area contributed by atoms with Crippen LogP contribution in [0, 0.1) is 6.92 Å². The van der Waals surface area contributed by atoms with Gasteiger partial charge < -0.3 is 5.32 Å². The molecule has 1 aliphatic rings. The van der Waals surface area contributed by atoms with Crippen molar-refractivity contribution in [2.45, 2.75) is 46.2 Å². The predicted octanol–water partition coefficient (Wildman–Crippen LogP) is 4.92. The molecule has 1 N–H and O–H groups in total. The van der Waals surface area contributed by atoms with Crippen LogP contribution in [0.1, 0.15) is 43.4 Å². The number of hydrogen-bond acceptors (Lipinski definition) is 3. The molecule has 0 radical (unpaired) electrons. The van der Waals surface area contributed by atoms with Gasteiger partial charge >= 0.3 is 0 Å². The van der Waals surface area contributed by atoms with Crippen molar-refractivity contribution in [2.75, 3.05) is 31.5 Å². The Kier molecular flexibility index (Phi) is 7.33. The number of para-hydroxylation sites is 1. The van der Waals surface area contributed by atoms with Gasteiger partial charge in [0, 0.05) is 43.4 Å². The van der Waals surface area contributed by atoms with Gasteiger partial charge in [-0.3, -0.25) is 14.6 Å². The highest BCUT2D eigenvalue weighted by Gasteiger charge is 2.26. The molecule has 3 rings (SSSR count). The van der Waals surface area contributed by atoms with Gasteiger partial charge in [0.1, 0.15) is 0 Å². The van der Waals surface area contributed by atoms with Crippen LogP contribution in [-0.2, 0) is 11.3 Å². The van der Waals surface area contributed by atoms with Crippen LogP contribution in [0.4, 0.5) is 5.69 Å². The zero-order valence-corrected chi connectivity index (χ0v) is 18.7. The molecule has 1 saturated heterocycles. The summed E-state index contributed by atoms with van der Waals surface area (Å²) in [5.41, 5.74) is 4.51. The fourth-order valence-corrected chi connectivity index (χ4v) is 4.15. The number of benzene rings is 2. The number of nitrogens with zero attached hydrogens (tertiary/aromatic N) is 2. The second-order valence-corrected chi connectivity index (χ2v) is 8.74. The Hall–Kier alpha value is -1.88. The van der Waals surface area contributed by atoms with E-state index >= 15 is 0 Å². The van der Waals surface area contributed by atoms with Crippen LogP contribution >= 0.6 is 11.6 Å². The molecule has 0 saturated carbocycles. The Morgan fingerprint density at radius 2 is 1.76 bits per heavy atom. The molecule has 1 atom stereocenters. The zero-order valence-electron chi connectivity index (χ0n) is 17.9. The average molecular weight is 414 g/mol. The summed E-state index contributed by atoms with van der Waals surface area (Å²) >= 11 is 6.10. The maximum Gasteiger partial charge on any atom is 0.241 e. The SMILES string of the molecule is Cc1cccc(C(C)C)c1NC(=O)[C@H](C)N1CCN(Cc2cccc(Cl)c2)CC1. The van der Waals surface area contributed by atoms with Crippen LogP contribution < -0.4 is 5.32 Å². The number of halogens is 1. The Bertz CT molecular complexity index is 844. The van der Waals surface area contributed by atoms with Crippen LogP contribution in [0.25, 0.3) is 0 Å².